The van der Waals surface area contributed by atoms with Crippen LogP contribution in [0.1, 0.15) is 26.2 Å². The number of hydrogen-bond acceptors (Lipinski definition) is 4. The van der Waals surface area contributed by atoms with Gasteiger partial charge in [0.15, 0.2) is 0 Å². The normalized spacial score (nSPS) is 25.7. The lowest BCUT2D eigenvalue weighted by Gasteiger charge is -2.33. The van der Waals surface area contributed by atoms with Gasteiger partial charge in [0.05, 0.1) is 6.54 Å². The van der Waals surface area contributed by atoms with Gasteiger partial charge in [-0.1, -0.05) is 24.6 Å². The fourth-order valence-electron chi connectivity index (χ4n) is 2.78. The van der Waals surface area contributed by atoms with Gasteiger partial charge in [0.1, 0.15) is 0 Å². The number of guanidine groups is 1. The van der Waals surface area contributed by atoms with Crippen molar-refractivity contribution in [3.05, 3.63) is 22.1 Å². The summed E-state index contributed by atoms with van der Waals surface area (Å²) in [5, 5.41) is 10.9. The molecular weight excluding hydrogens is 330 g/mol. The Hall–Kier alpha value is -0.980. The molecule has 0 amide bonds. The quantitative estimate of drug-likeness (QED) is 0.481. The molecule has 0 saturated carbocycles. The van der Waals surface area contributed by atoms with Crippen molar-refractivity contribution in [2.45, 2.75) is 26.2 Å². The Kier molecular flexibility index (Phi) is 6.02. The van der Waals surface area contributed by atoms with E-state index in [4.69, 9.17) is 16.0 Å². The van der Waals surface area contributed by atoms with Crippen LogP contribution in [0, 0.1) is 5.92 Å². The van der Waals surface area contributed by atoms with Crippen LogP contribution in [0.15, 0.2) is 31.6 Å². The number of nitrogens with one attached hydrogen (secondary N) is 1. The number of hydrazone groups is 1. The first-order valence-electron chi connectivity index (χ1n) is 8.35. The van der Waals surface area contributed by atoms with Crippen molar-refractivity contribution in [1.82, 2.24) is 15.2 Å². The van der Waals surface area contributed by atoms with Crippen LogP contribution >= 0.6 is 23.5 Å². The minimum atomic E-state index is 0.519. The van der Waals surface area contributed by atoms with Gasteiger partial charge in [-0.15, -0.1) is 0 Å². The summed E-state index contributed by atoms with van der Waals surface area (Å²) in [6.07, 6.45) is 9.34. The summed E-state index contributed by atoms with van der Waals surface area (Å²) in [5.74, 6) is 1.48. The highest BCUT2D eigenvalue weighted by molar-refractivity contribution is 8.02. The lowest BCUT2D eigenvalue weighted by Crippen LogP contribution is -2.50. The summed E-state index contributed by atoms with van der Waals surface area (Å²) in [6, 6.07) is 0. The number of rotatable bonds is 3. The van der Waals surface area contributed by atoms with Crippen LogP contribution in [-0.2, 0) is 0 Å². The fraction of sp³-hybridized carbons (Fsp3) is 0.625. The summed E-state index contributed by atoms with van der Waals surface area (Å²) >= 11 is 7.80. The average Bonchev–Trinajstić information content (AvgIpc) is 3.06. The molecule has 1 aliphatic carbocycles. The highest BCUT2D eigenvalue weighted by atomic mass is 35.5. The molecule has 3 aliphatic rings. The van der Waals surface area contributed by atoms with E-state index in [0.29, 0.717) is 5.92 Å². The molecule has 0 aromatic rings. The summed E-state index contributed by atoms with van der Waals surface area (Å²) in [7, 11) is 0. The summed E-state index contributed by atoms with van der Waals surface area (Å²) in [5.41, 5.74) is 0. The van der Waals surface area contributed by atoms with Crippen LogP contribution < -0.4 is 5.32 Å². The Balaban J connectivity index is 1.76. The molecule has 1 unspecified atom stereocenters. The smallest absolute Gasteiger partial charge is 0.229 e. The molecular formula is C16H24ClN5S. The van der Waals surface area contributed by atoms with Crippen molar-refractivity contribution in [2.24, 2.45) is 15.4 Å². The van der Waals surface area contributed by atoms with Crippen molar-refractivity contribution in [3.63, 3.8) is 0 Å². The highest BCUT2D eigenvalue weighted by Crippen LogP contribution is 2.32. The van der Waals surface area contributed by atoms with Crippen molar-refractivity contribution in [2.75, 3.05) is 32.7 Å². The maximum absolute atomic E-state index is 6.33. The second-order valence-electron chi connectivity index (χ2n) is 5.94. The van der Waals surface area contributed by atoms with E-state index in [1.165, 1.54) is 11.9 Å². The maximum atomic E-state index is 6.33. The van der Waals surface area contributed by atoms with E-state index in [-0.39, 0.29) is 0 Å². The van der Waals surface area contributed by atoms with Crippen LogP contribution in [0.2, 0.25) is 0 Å². The first-order valence-corrected chi connectivity index (χ1v) is 9.50. The van der Waals surface area contributed by atoms with Gasteiger partial charge in [-0.05, 0) is 25.3 Å². The molecule has 3 rings (SSSR count). The predicted molar refractivity (Wildman–Crippen MR) is 99.7 cm³/mol. The second kappa shape index (κ2) is 8.22. The Morgan fingerprint density at radius 1 is 1.48 bits per heavy atom. The fourth-order valence-corrected chi connectivity index (χ4v) is 3.80. The van der Waals surface area contributed by atoms with Gasteiger partial charge < -0.3 is 10.2 Å². The number of hydrogen-bond donors (Lipinski definition) is 1. The first-order chi connectivity index (χ1) is 11.3. The minimum absolute atomic E-state index is 0.519. The second-order valence-corrected chi connectivity index (χ2v) is 7.21. The molecule has 0 radical (unpaired) electrons. The first kappa shape index (κ1) is 16.9. The summed E-state index contributed by atoms with van der Waals surface area (Å²) in [6.45, 7) is 7.02. The molecule has 23 heavy (non-hydrogen) atoms. The van der Waals surface area contributed by atoms with Gasteiger partial charge >= 0.3 is 0 Å². The molecule has 1 N–H and O–H groups in total. The molecule has 7 heteroatoms. The van der Waals surface area contributed by atoms with E-state index in [9.17, 15) is 0 Å². The maximum Gasteiger partial charge on any atom is 0.229 e. The zero-order valence-electron chi connectivity index (χ0n) is 13.5. The Morgan fingerprint density at radius 2 is 2.30 bits per heavy atom. The zero-order chi connectivity index (χ0) is 16.1. The van der Waals surface area contributed by atoms with E-state index in [2.05, 4.69) is 40.6 Å². The Labute approximate surface area is 147 Å². The zero-order valence-corrected chi connectivity index (χ0v) is 15.1. The van der Waals surface area contributed by atoms with Gasteiger partial charge in [-0.3, -0.25) is 0 Å². The number of halogens is 1. The van der Waals surface area contributed by atoms with E-state index in [1.54, 1.807) is 0 Å². The summed E-state index contributed by atoms with van der Waals surface area (Å²) in [4.78, 5) is 3.38. The molecule has 1 atom stereocenters. The number of piperazine rings is 1. The lowest BCUT2D eigenvalue weighted by molar-refractivity contribution is 0.297. The molecule has 126 valence electrons. The van der Waals surface area contributed by atoms with Crippen LogP contribution in [-0.4, -0.2) is 54.8 Å². The number of nitrogens with zero attached hydrogens (tertiary/aromatic N) is 4. The average molecular weight is 354 g/mol. The van der Waals surface area contributed by atoms with Gasteiger partial charge in [0.25, 0.3) is 0 Å². The monoisotopic (exact) mass is 353 g/mol. The number of allylic oxidation sites excluding steroid dienone is 3. The van der Waals surface area contributed by atoms with Crippen molar-refractivity contribution >= 4 is 35.7 Å². The van der Waals surface area contributed by atoms with Gasteiger partial charge in [-0.2, -0.15) is 9.50 Å². The van der Waals surface area contributed by atoms with E-state index in [1.807, 2.05) is 5.01 Å². The van der Waals surface area contributed by atoms with Crippen LogP contribution in [0.4, 0.5) is 0 Å². The van der Waals surface area contributed by atoms with Crippen molar-refractivity contribution in [3.8, 4) is 0 Å². The molecule has 0 spiro atoms. The molecule has 0 aromatic carbocycles. The SMILES string of the molecule is CCC1C=NN(/C(=N/SC2=C(Cl)CCC=C2)N2CCNCC2)C1. The molecule has 2 aliphatic heterocycles. The lowest BCUT2D eigenvalue weighted by atomic mass is 10.1. The minimum Gasteiger partial charge on any atom is -0.338 e. The van der Waals surface area contributed by atoms with Crippen LogP contribution in [0.3, 0.4) is 0 Å². The van der Waals surface area contributed by atoms with Gasteiger partial charge in [-0.25, -0.2) is 5.01 Å². The predicted octanol–water partition coefficient (Wildman–Crippen LogP) is 3.02. The molecule has 0 bridgehead atoms. The topological polar surface area (TPSA) is 43.2 Å². The highest BCUT2D eigenvalue weighted by Gasteiger charge is 2.26. The van der Waals surface area contributed by atoms with E-state index < -0.39 is 0 Å². The Morgan fingerprint density at radius 3 is 3.00 bits per heavy atom. The molecule has 1 fully saturated rings. The molecule has 5 nitrogen and oxygen atoms in total. The van der Waals surface area contributed by atoms with E-state index in [0.717, 1.165) is 67.9 Å². The van der Waals surface area contributed by atoms with E-state index >= 15 is 0 Å². The molecule has 2 heterocycles. The summed E-state index contributed by atoms with van der Waals surface area (Å²) < 4.78 is 4.82. The third-order valence-electron chi connectivity index (χ3n) is 4.27. The largest absolute Gasteiger partial charge is 0.338 e. The van der Waals surface area contributed by atoms with Crippen molar-refractivity contribution < 1.29 is 0 Å². The van der Waals surface area contributed by atoms with Crippen molar-refractivity contribution in [1.29, 1.82) is 0 Å². The van der Waals surface area contributed by atoms with Gasteiger partial charge in [0.2, 0.25) is 5.96 Å². The third-order valence-corrected chi connectivity index (χ3v) is 5.61. The molecule has 1 saturated heterocycles. The van der Waals surface area contributed by atoms with Crippen LogP contribution in [0.25, 0.3) is 0 Å². The van der Waals surface area contributed by atoms with Gasteiger partial charge in [0, 0.05) is 60.2 Å². The van der Waals surface area contributed by atoms with Crippen LogP contribution in [0.5, 0.6) is 0 Å². The Bertz CT molecular complexity index is 537. The standard InChI is InChI=1S/C16H24ClN5S/c1-2-13-11-19-22(12-13)16(21-9-7-18-8-10-21)20-23-15-6-4-3-5-14(15)17/h4,6,11,13,18H,2-3,5,7-10,12H2,1H3/b20-16+. The molecule has 0 aromatic heterocycles. The third kappa shape index (κ3) is 4.31.